The predicted molar refractivity (Wildman–Crippen MR) is 146 cm³/mol. The number of imidazole rings is 1. The molecule has 2 aliphatic heterocycles. The second-order valence-electron chi connectivity index (χ2n) is 10.8. The molecule has 1 saturated heterocycles. The summed E-state index contributed by atoms with van der Waals surface area (Å²) in [6.07, 6.45) is 5.79. The summed E-state index contributed by atoms with van der Waals surface area (Å²) in [5.41, 5.74) is 7.51. The standard InChI is InChI=1S/C30H32N6O/c1-20-15-34(19-25(29(20)37)16-33(2)3)26-8-9-27-24(12-26)18-35-17-23(22-6-4-21(14-31)5-7-22)13-28(35)30-32-10-11-36(27)30/h4-13,17,20,25,29,37H,15-16,18-19H2,1-3H3/t20?,25-,29+/m0/s1. The number of hydrogen-bond donors (Lipinski definition) is 1. The first-order valence-electron chi connectivity index (χ1n) is 12.9. The molecule has 2 aromatic carbocycles. The van der Waals surface area contributed by atoms with Gasteiger partial charge < -0.3 is 19.5 Å². The van der Waals surface area contributed by atoms with Gasteiger partial charge >= 0.3 is 0 Å². The summed E-state index contributed by atoms with van der Waals surface area (Å²) in [7, 11) is 4.14. The summed E-state index contributed by atoms with van der Waals surface area (Å²) in [5, 5.41) is 20.0. The number of nitrogens with zero attached hydrogens (tertiary/aromatic N) is 6. The molecular formula is C30H32N6O. The van der Waals surface area contributed by atoms with Gasteiger partial charge in [0.2, 0.25) is 0 Å². The van der Waals surface area contributed by atoms with Gasteiger partial charge in [-0.3, -0.25) is 4.57 Å². The fraction of sp³-hybridized carbons (Fsp3) is 0.333. The molecule has 0 amide bonds. The molecule has 0 bridgehead atoms. The van der Waals surface area contributed by atoms with Crippen molar-refractivity contribution in [2.75, 3.05) is 38.6 Å². The molecule has 188 valence electrons. The number of rotatable bonds is 4. The third kappa shape index (κ3) is 4.22. The number of benzene rings is 2. The van der Waals surface area contributed by atoms with Crippen molar-refractivity contribution in [1.82, 2.24) is 19.0 Å². The van der Waals surface area contributed by atoms with E-state index < -0.39 is 0 Å². The molecule has 7 heteroatoms. The van der Waals surface area contributed by atoms with Crippen LogP contribution in [0.4, 0.5) is 5.69 Å². The van der Waals surface area contributed by atoms with Gasteiger partial charge in [0.15, 0.2) is 5.82 Å². The summed E-state index contributed by atoms with van der Waals surface area (Å²) in [6.45, 7) is 5.45. The van der Waals surface area contributed by atoms with Gasteiger partial charge in [-0.1, -0.05) is 19.1 Å². The van der Waals surface area contributed by atoms with Crippen molar-refractivity contribution in [1.29, 1.82) is 5.26 Å². The van der Waals surface area contributed by atoms with Gasteiger partial charge in [-0.25, -0.2) is 4.98 Å². The van der Waals surface area contributed by atoms with E-state index in [0.29, 0.717) is 5.56 Å². The van der Waals surface area contributed by atoms with E-state index in [1.54, 1.807) is 0 Å². The first-order chi connectivity index (χ1) is 17.9. The molecule has 2 aromatic heterocycles. The second kappa shape index (κ2) is 9.22. The molecule has 3 atom stereocenters. The minimum atomic E-state index is -0.281. The third-order valence-corrected chi connectivity index (χ3v) is 7.77. The van der Waals surface area contributed by atoms with Crippen LogP contribution in [0.1, 0.15) is 18.1 Å². The Morgan fingerprint density at radius 3 is 2.65 bits per heavy atom. The number of hydrogen-bond acceptors (Lipinski definition) is 5. The minimum absolute atomic E-state index is 0.212. The number of aromatic nitrogens is 3. The first kappa shape index (κ1) is 23.5. The van der Waals surface area contributed by atoms with Crippen molar-refractivity contribution in [3.05, 3.63) is 78.2 Å². The first-order valence-corrected chi connectivity index (χ1v) is 12.9. The fourth-order valence-corrected chi connectivity index (χ4v) is 5.96. The Labute approximate surface area is 217 Å². The molecule has 1 unspecified atom stereocenters. The summed E-state index contributed by atoms with van der Waals surface area (Å²) in [4.78, 5) is 9.32. The SMILES string of the molecule is CC1CN(c2ccc3c(c2)Cn2cc(-c4ccc(C#N)cc4)cc2-c2nccn2-3)C[C@H](CN(C)C)[C@@H]1O. The van der Waals surface area contributed by atoms with Crippen LogP contribution >= 0.6 is 0 Å². The minimum Gasteiger partial charge on any atom is -0.392 e. The van der Waals surface area contributed by atoms with Crippen LogP contribution in [0.3, 0.4) is 0 Å². The van der Waals surface area contributed by atoms with Crippen molar-refractivity contribution in [3.8, 4) is 34.4 Å². The number of nitriles is 1. The summed E-state index contributed by atoms with van der Waals surface area (Å²) in [5.74, 6) is 1.35. The van der Waals surface area contributed by atoms with Gasteiger partial charge in [0.05, 0.1) is 29.1 Å². The Hall–Kier alpha value is -3.86. The van der Waals surface area contributed by atoms with Gasteiger partial charge in [-0.15, -0.1) is 0 Å². The van der Waals surface area contributed by atoms with Crippen LogP contribution in [-0.2, 0) is 6.54 Å². The van der Waals surface area contributed by atoms with E-state index in [4.69, 9.17) is 10.2 Å². The van der Waals surface area contributed by atoms with Crippen molar-refractivity contribution in [2.24, 2.45) is 11.8 Å². The van der Waals surface area contributed by atoms with Crippen molar-refractivity contribution in [2.45, 2.75) is 19.6 Å². The Morgan fingerprint density at radius 1 is 1.08 bits per heavy atom. The molecule has 4 aromatic rings. The Morgan fingerprint density at radius 2 is 1.89 bits per heavy atom. The van der Waals surface area contributed by atoms with E-state index in [9.17, 15) is 5.11 Å². The molecule has 4 heterocycles. The molecular weight excluding hydrogens is 460 g/mol. The normalized spacial score (nSPS) is 20.6. The number of aliphatic hydroxyl groups is 1. The van der Waals surface area contributed by atoms with E-state index >= 15 is 0 Å². The van der Waals surface area contributed by atoms with Gasteiger partial charge in [0, 0.05) is 61.9 Å². The zero-order valence-electron chi connectivity index (χ0n) is 21.5. The lowest BCUT2D eigenvalue weighted by Gasteiger charge is -2.42. The lowest BCUT2D eigenvalue weighted by molar-refractivity contribution is 0.0336. The molecule has 1 N–H and O–H groups in total. The zero-order chi connectivity index (χ0) is 25.7. The van der Waals surface area contributed by atoms with Crippen LogP contribution < -0.4 is 4.90 Å². The lowest BCUT2D eigenvalue weighted by atomic mass is 9.86. The monoisotopic (exact) mass is 492 g/mol. The number of piperidine rings is 1. The number of anilines is 1. The highest BCUT2D eigenvalue weighted by atomic mass is 16.3. The van der Waals surface area contributed by atoms with Gasteiger partial charge in [-0.05, 0) is 67.5 Å². The van der Waals surface area contributed by atoms with Crippen LogP contribution in [-0.4, -0.2) is 64.0 Å². The predicted octanol–water partition coefficient (Wildman–Crippen LogP) is 4.24. The molecule has 0 radical (unpaired) electrons. The summed E-state index contributed by atoms with van der Waals surface area (Å²) < 4.78 is 4.46. The number of fused-ring (bicyclic) bond motifs is 5. The van der Waals surface area contributed by atoms with Crippen LogP contribution in [0.25, 0.3) is 28.3 Å². The van der Waals surface area contributed by atoms with Crippen LogP contribution in [0.2, 0.25) is 0 Å². The Balaban J connectivity index is 1.37. The quantitative estimate of drug-likeness (QED) is 0.406. The maximum absolute atomic E-state index is 10.8. The van der Waals surface area contributed by atoms with Crippen LogP contribution in [0, 0.1) is 23.2 Å². The van der Waals surface area contributed by atoms with E-state index in [1.807, 2.05) is 36.7 Å². The topological polar surface area (TPSA) is 73.2 Å². The van der Waals surface area contributed by atoms with Crippen LogP contribution in [0.5, 0.6) is 0 Å². The fourth-order valence-electron chi connectivity index (χ4n) is 5.96. The van der Waals surface area contributed by atoms with E-state index in [-0.39, 0.29) is 17.9 Å². The second-order valence-corrected chi connectivity index (χ2v) is 10.8. The number of aliphatic hydroxyl groups excluding tert-OH is 1. The average Bonchev–Trinajstić information content (AvgIpc) is 3.51. The summed E-state index contributed by atoms with van der Waals surface area (Å²) >= 11 is 0. The zero-order valence-corrected chi connectivity index (χ0v) is 21.5. The highest BCUT2D eigenvalue weighted by Crippen LogP contribution is 2.36. The molecule has 7 nitrogen and oxygen atoms in total. The molecule has 2 aliphatic rings. The maximum Gasteiger partial charge on any atom is 0.161 e. The van der Waals surface area contributed by atoms with Gasteiger partial charge in [0.25, 0.3) is 0 Å². The van der Waals surface area contributed by atoms with E-state index in [2.05, 4.69) is 76.5 Å². The average molecular weight is 493 g/mol. The third-order valence-electron chi connectivity index (χ3n) is 7.77. The van der Waals surface area contributed by atoms with E-state index in [0.717, 1.165) is 54.5 Å². The molecule has 0 spiro atoms. The smallest absolute Gasteiger partial charge is 0.161 e. The van der Waals surface area contributed by atoms with Crippen molar-refractivity contribution >= 4 is 5.69 Å². The largest absolute Gasteiger partial charge is 0.392 e. The highest BCUT2D eigenvalue weighted by Gasteiger charge is 2.34. The molecule has 0 aliphatic carbocycles. The highest BCUT2D eigenvalue weighted by molar-refractivity contribution is 5.72. The van der Waals surface area contributed by atoms with Gasteiger partial charge in [0.1, 0.15) is 0 Å². The Bertz CT molecular complexity index is 1470. The van der Waals surface area contributed by atoms with Crippen molar-refractivity contribution < 1.29 is 5.11 Å². The molecule has 37 heavy (non-hydrogen) atoms. The maximum atomic E-state index is 10.8. The van der Waals surface area contributed by atoms with Crippen LogP contribution in [0.15, 0.2) is 67.1 Å². The molecule has 0 saturated carbocycles. The Kier molecular flexibility index (Phi) is 5.86. The van der Waals surface area contributed by atoms with E-state index in [1.165, 1.54) is 11.3 Å². The van der Waals surface area contributed by atoms with Crippen molar-refractivity contribution in [3.63, 3.8) is 0 Å². The lowest BCUT2D eigenvalue weighted by Crippen LogP contribution is -2.51. The summed E-state index contributed by atoms with van der Waals surface area (Å²) in [6, 6.07) is 18.8. The van der Waals surface area contributed by atoms with Gasteiger partial charge in [-0.2, -0.15) is 5.26 Å². The molecule has 1 fully saturated rings. The molecule has 6 rings (SSSR count).